The molecule has 12 heavy (non-hydrogen) atoms. The molecule has 1 rings (SSSR count). The Labute approximate surface area is 86.9 Å². The summed E-state index contributed by atoms with van der Waals surface area (Å²) in [5.74, 6) is 0.168. The fourth-order valence-electron chi connectivity index (χ4n) is 1.06. The maximum Gasteiger partial charge on any atom is 0.121 e. The lowest BCUT2D eigenvalue weighted by Crippen LogP contribution is -2.05. The summed E-state index contributed by atoms with van der Waals surface area (Å²) in [6, 6.07) is 7.77. The number of rotatable bonds is 2. The van der Waals surface area contributed by atoms with Crippen LogP contribution >= 0.6 is 22.6 Å². The first-order chi connectivity index (χ1) is 5.63. The van der Waals surface area contributed by atoms with Crippen LogP contribution in [0.2, 0.25) is 0 Å². The maximum atomic E-state index is 11.6. The minimum absolute atomic E-state index is 0.168. The molecule has 1 aromatic rings. The summed E-state index contributed by atoms with van der Waals surface area (Å²) in [4.78, 5) is 0. The molecule has 0 spiro atoms. The summed E-state index contributed by atoms with van der Waals surface area (Å²) in [7, 11) is 0. The van der Waals surface area contributed by atoms with Crippen molar-refractivity contribution >= 4 is 22.6 Å². The van der Waals surface area contributed by atoms with E-state index in [0.29, 0.717) is 0 Å². The zero-order chi connectivity index (χ0) is 9.14. The smallest absolute Gasteiger partial charge is 0.121 e. The van der Waals surface area contributed by atoms with Crippen molar-refractivity contribution in [2.24, 2.45) is 5.92 Å². The van der Waals surface area contributed by atoms with Gasteiger partial charge in [0, 0.05) is 3.57 Å². The molecule has 0 aliphatic heterocycles. The molecule has 1 radical (unpaired) electrons. The van der Waals surface area contributed by atoms with E-state index >= 15 is 0 Å². The molecule has 0 bridgehead atoms. The molecule has 0 aliphatic rings. The first-order valence-corrected chi connectivity index (χ1v) is 5.11. The van der Waals surface area contributed by atoms with Gasteiger partial charge >= 0.3 is 0 Å². The lowest BCUT2D eigenvalue weighted by molar-refractivity contribution is 0.0481. The topological polar surface area (TPSA) is 19.9 Å². The highest BCUT2D eigenvalue weighted by Gasteiger charge is 2.15. The Hall–Kier alpha value is -0.0900. The molecule has 0 aliphatic carbocycles. The van der Waals surface area contributed by atoms with E-state index < -0.39 is 6.10 Å². The van der Waals surface area contributed by atoms with Gasteiger partial charge in [-0.05, 0) is 40.1 Å². The van der Waals surface area contributed by atoms with Crippen LogP contribution in [0.4, 0.5) is 0 Å². The molecule has 0 amide bonds. The molecule has 1 aromatic carbocycles. The molecule has 65 valence electrons. The largest absolute Gasteiger partial charge is 0.228 e. The third-order valence-electron chi connectivity index (χ3n) is 1.82. The molecule has 1 nitrogen and oxygen atoms in total. The minimum atomic E-state index is -0.585. The van der Waals surface area contributed by atoms with Crippen molar-refractivity contribution in [2.45, 2.75) is 20.0 Å². The van der Waals surface area contributed by atoms with Gasteiger partial charge in [-0.25, -0.2) is 5.11 Å². The summed E-state index contributed by atoms with van der Waals surface area (Å²) in [5.41, 5.74) is 0.924. The summed E-state index contributed by atoms with van der Waals surface area (Å²) < 4.78 is 1.07. The monoisotopic (exact) mass is 275 g/mol. The summed E-state index contributed by atoms with van der Waals surface area (Å²) in [5, 5.41) is 11.6. The van der Waals surface area contributed by atoms with Crippen LogP contribution in [0.1, 0.15) is 25.5 Å². The van der Waals surface area contributed by atoms with Crippen LogP contribution in [0, 0.1) is 9.49 Å². The molecule has 2 heteroatoms. The number of hydrogen-bond donors (Lipinski definition) is 0. The fourth-order valence-corrected chi connectivity index (χ4v) is 1.76. The molecule has 1 atom stereocenters. The summed E-state index contributed by atoms with van der Waals surface area (Å²) in [6.45, 7) is 3.92. The predicted octanol–water partition coefficient (Wildman–Crippen LogP) is 3.42. The normalized spacial score (nSPS) is 13.4. The first-order valence-electron chi connectivity index (χ1n) is 4.03. The molecule has 0 saturated heterocycles. The van der Waals surface area contributed by atoms with Crippen LogP contribution < -0.4 is 0 Å². The Bertz CT molecular complexity index is 258. The van der Waals surface area contributed by atoms with Gasteiger partial charge in [-0.2, -0.15) is 0 Å². The van der Waals surface area contributed by atoms with Crippen molar-refractivity contribution in [3.8, 4) is 0 Å². The quantitative estimate of drug-likeness (QED) is 0.737. The van der Waals surface area contributed by atoms with Gasteiger partial charge in [0.1, 0.15) is 6.10 Å². The van der Waals surface area contributed by atoms with E-state index in [0.717, 1.165) is 9.13 Å². The predicted molar refractivity (Wildman–Crippen MR) is 57.4 cm³/mol. The third kappa shape index (κ3) is 2.20. The van der Waals surface area contributed by atoms with E-state index in [-0.39, 0.29) is 5.92 Å². The second-order valence-corrected chi connectivity index (χ2v) is 4.35. The molecule has 0 saturated carbocycles. The molecule has 0 N–H and O–H groups in total. The van der Waals surface area contributed by atoms with Crippen LogP contribution in [0.5, 0.6) is 0 Å². The van der Waals surface area contributed by atoms with Gasteiger partial charge in [0.2, 0.25) is 0 Å². The number of halogens is 1. The van der Waals surface area contributed by atoms with Crippen LogP contribution in [0.15, 0.2) is 24.3 Å². The van der Waals surface area contributed by atoms with E-state index in [1.165, 1.54) is 0 Å². The Morgan fingerprint density at radius 1 is 1.25 bits per heavy atom. The Balaban J connectivity index is 2.94. The molecular formula is C10H12IO. The van der Waals surface area contributed by atoms with Gasteiger partial charge < -0.3 is 0 Å². The second-order valence-electron chi connectivity index (χ2n) is 3.19. The number of benzene rings is 1. The van der Waals surface area contributed by atoms with Gasteiger partial charge in [-0.3, -0.25) is 0 Å². The zero-order valence-corrected chi connectivity index (χ0v) is 9.41. The van der Waals surface area contributed by atoms with Crippen molar-refractivity contribution < 1.29 is 5.11 Å². The van der Waals surface area contributed by atoms with Crippen molar-refractivity contribution in [3.05, 3.63) is 33.4 Å². The van der Waals surface area contributed by atoms with E-state index in [2.05, 4.69) is 22.6 Å². The highest BCUT2D eigenvalue weighted by atomic mass is 127. The molecular weight excluding hydrogens is 263 g/mol. The Kier molecular flexibility index (Phi) is 3.53. The summed E-state index contributed by atoms with van der Waals surface area (Å²) in [6.07, 6.45) is -0.585. The van der Waals surface area contributed by atoms with E-state index in [4.69, 9.17) is 0 Å². The van der Waals surface area contributed by atoms with Gasteiger partial charge in [-0.15, -0.1) is 0 Å². The highest BCUT2D eigenvalue weighted by Crippen LogP contribution is 2.25. The highest BCUT2D eigenvalue weighted by molar-refractivity contribution is 14.1. The van der Waals surface area contributed by atoms with E-state index in [1.807, 2.05) is 38.1 Å². The molecule has 0 heterocycles. The summed E-state index contributed by atoms with van der Waals surface area (Å²) >= 11 is 2.21. The SMILES string of the molecule is CC(C)C([O])c1ccccc1I. The standard InChI is InChI=1S/C10H12IO/c1-7(2)10(12)8-5-3-4-6-9(8)11/h3-7,10H,1-2H3. The van der Waals surface area contributed by atoms with Crippen molar-refractivity contribution in [3.63, 3.8) is 0 Å². The maximum absolute atomic E-state index is 11.6. The van der Waals surface area contributed by atoms with Crippen molar-refractivity contribution in [2.75, 3.05) is 0 Å². The second kappa shape index (κ2) is 4.23. The van der Waals surface area contributed by atoms with Crippen molar-refractivity contribution in [1.82, 2.24) is 0 Å². The Morgan fingerprint density at radius 3 is 2.33 bits per heavy atom. The van der Waals surface area contributed by atoms with Crippen LogP contribution in [-0.2, 0) is 5.11 Å². The minimum Gasteiger partial charge on any atom is -0.228 e. The average Bonchev–Trinajstić information content (AvgIpc) is 2.04. The van der Waals surface area contributed by atoms with E-state index in [9.17, 15) is 5.11 Å². The van der Waals surface area contributed by atoms with Crippen LogP contribution in [-0.4, -0.2) is 0 Å². The van der Waals surface area contributed by atoms with E-state index in [1.54, 1.807) is 0 Å². The number of hydrogen-bond acceptors (Lipinski definition) is 0. The van der Waals surface area contributed by atoms with Gasteiger partial charge in [0.15, 0.2) is 0 Å². The lowest BCUT2D eigenvalue weighted by atomic mass is 9.99. The zero-order valence-electron chi connectivity index (χ0n) is 7.25. The van der Waals surface area contributed by atoms with Crippen LogP contribution in [0.3, 0.4) is 0 Å². The lowest BCUT2D eigenvalue weighted by Gasteiger charge is -2.13. The molecule has 0 fully saturated rings. The van der Waals surface area contributed by atoms with Gasteiger partial charge in [0.25, 0.3) is 0 Å². The first kappa shape index (κ1) is 9.99. The van der Waals surface area contributed by atoms with Crippen LogP contribution in [0.25, 0.3) is 0 Å². The fraction of sp³-hybridized carbons (Fsp3) is 0.400. The van der Waals surface area contributed by atoms with Gasteiger partial charge in [-0.1, -0.05) is 32.0 Å². The Morgan fingerprint density at radius 2 is 1.83 bits per heavy atom. The molecule has 1 unspecified atom stereocenters. The average molecular weight is 275 g/mol. The van der Waals surface area contributed by atoms with Crippen molar-refractivity contribution in [1.29, 1.82) is 0 Å². The van der Waals surface area contributed by atoms with Gasteiger partial charge in [0.05, 0.1) is 0 Å². The molecule has 0 aromatic heterocycles. The third-order valence-corrected chi connectivity index (χ3v) is 2.80.